The Morgan fingerprint density at radius 3 is 2.17 bits per heavy atom. The standard InChI is InChI=1S/C5H8O/c1-4-3-5(4,2)6/h6H,1,3H2,2H3. The highest BCUT2D eigenvalue weighted by Crippen LogP contribution is 2.39. The summed E-state index contributed by atoms with van der Waals surface area (Å²) in [5.74, 6) is 0. The van der Waals surface area contributed by atoms with Gasteiger partial charge in [0.1, 0.15) is 0 Å². The van der Waals surface area contributed by atoms with Gasteiger partial charge in [0.2, 0.25) is 0 Å². The monoisotopic (exact) mass is 84.1 g/mol. The molecule has 1 aliphatic carbocycles. The van der Waals surface area contributed by atoms with Crippen LogP contribution in [0.1, 0.15) is 13.3 Å². The molecule has 0 aliphatic heterocycles. The second-order valence-electron chi connectivity index (χ2n) is 2.05. The molecule has 0 spiro atoms. The molecule has 0 radical (unpaired) electrons. The maximum atomic E-state index is 8.80. The molecule has 0 saturated heterocycles. The molecule has 1 fully saturated rings. The Bertz CT molecular complexity index is 92.1. The topological polar surface area (TPSA) is 20.2 Å². The SMILES string of the molecule is C=C1CC1(C)O. The normalized spacial score (nSPS) is 43.3. The summed E-state index contributed by atoms with van der Waals surface area (Å²) in [6.45, 7) is 5.34. The Morgan fingerprint density at radius 2 is 2.17 bits per heavy atom. The fourth-order valence-corrected chi connectivity index (χ4v) is 0.371. The lowest BCUT2D eigenvalue weighted by Gasteiger charge is -1.87. The van der Waals surface area contributed by atoms with Crippen molar-refractivity contribution in [1.82, 2.24) is 0 Å². The first-order chi connectivity index (χ1) is 2.63. The zero-order valence-electron chi connectivity index (χ0n) is 3.86. The van der Waals surface area contributed by atoms with E-state index in [1.54, 1.807) is 6.92 Å². The average Bonchev–Trinajstić information content (AvgIpc) is 1.73. The van der Waals surface area contributed by atoms with Crippen molar-refractivity contribution in [3.8, 4) is 0 Å². The Balaban J connectivity index is 2.63. The van der Waals surface area contributed by atoms with Crippen molar-refractivity contribution in [1.29, 1.82) is 0 Å². The highest BCUT2D eigenvalue weighted by molar-refractivity contribution is 5.29. The van der Waals surface area contributed by atoms with Gasteiger partial charge in [0, 0.05) is 6.42 Å². The fourth-order valence-electron chi connectivity index (χ4n) is 0.371. The third kappa shape index (κ3) is 0.356. The van der Waals surface area contributed by atoms with E-state index in [0.29, 0.717) is 0 Å². The third-order valence-corrected chi connectivity index (χ3v) is 1.19. The van der Waals surface area contributed by atoms with E-state index in [-0.39, 0.29) is 0 Å². The molecule has 1 unspecified atom stereocenters. The van der Waals surface area contributed by atoms with Gasteiger partial charge in [-0.3, -0.25) is 0 Å². The quantitative estimate of drug-likeness (QED) is 0.428. The summed E-state index contributed by atoms with van der Waals surface area (Å²) in [6, 6.07) is 0. The van der Waals surface area contributed by atoms with E-state index in [1.807, 2.05) is 0 Å². The maximum absolute atomic E-state index is 8.80. The highest BCUT2D eigenvalue weighted by atomic mass is 16.3. The average molecular weight is 84.1 g/mol. The van der Waals surface area contributed by atoms with Crippen LogP contribution in [0.4, 0.5) is 0 Å². The highest BCUT2D eigenvalue weighted by Gasteiger charge is 2.39. The van der Waals surface area contributed by atoms with Crippen LogP contribution in [0.15, 0.2) is 12.2 Å². The molecule has 1 rings (SSSR count). The second-order valence-corrected chi connectivity index (χ2v) is 2.05. The van der Waals surface area contributed by atoms with Crippen molar-refractivity contribution in [3.63, 3.8) is 0 Å². The lowest BCUT2D eigenvalue weighted by molar-refractivity contribution is 0.186. The van der Waals surface area contributed by atoms with Crippen molar-refractivity contribution in [2.75, 3.05) is 0 Å². The van der Waals surface area contributed by atoms with E-state index in [9.17, 15) is 0 Å². The zero-order valence-corrected chi connectivity index (χ0v) is 3.86. The summed E-state index contributed by atoms with van der Waals surface area (Å²) in [6.07, 6.45) is 0.799. The molecular weight excluding hydrogens is 76.1 g/mol. The van der Waals surface area contributed by atoms with Gasteiger partial charge < -0.3 is 5.11 Å². The molecule has 34 valence electrons. The molecule has 1 aliphatic rings. The van der Waals surface area contributed by atoms with E-state index in [2.05, 4.69) is 6.58 Å². The third-order valence-electron chi connectivity index (χ3n) is 1.19. The largest absolute Gasteiger partial charge is 0.385 e. The van der Waals surface area contributed by atoms with Crippen molar-refractivity contribution in [3.05, 3.63) is 12.2 Å². The van der Waals surface area contributed by atoms with Gasteiger partial charge in [-0.1, -0.05) is 6.58 Å². The summed E-state index contributed by atoms with van der Waals surface area (Å²) in [5.41, 5.74) is 0.475. The Kier molecular flexibility index (Phi) is 0.442. The number of hydrogen-bond donors (Lipinski definition) is 1. The Labute approximate surface area is 37.3 Å². The number of aliphatic hydroxyl groups is 1. The minimum Gasteiger partial charge on any atom is -0.385 e. The molecule has 0 amide bonds. The molecule has 1 nitrogen and oxygen atoms in total. The first-order valence-corrected chi connectivity index (χ1v) is 2.03. The van der Waals surface area contributed by atoms with Crippen LogP contribution in [0.2, 0.25) is 0 Å². The minimum absolute atomic E-state index is 0.486. The van der Waals surface area contributed by atoms with Crippen molar-refractivity contribution in [2.45, 2.75) is 18.9 Å². The molecule has 0 heterocycles. The summed E-state index contributed by atoms with van der Waals surface area (Å²) in [7, 11) is 0. The van der Waals surface area contributed by atoms with Gasteiger partial charge in [0.15, 0.2) is 0 Å². The second kappa shape index (κ2) is 0.684. The van der Waals surface area contributed by atoms with Crippen LogP contribution < -0.4 is 0 Å². The summed E-state index contributed by atoms with van der Waals surface area (Å²) in [4.78, 5) is 0. The summed E-state index contributed by atoms with van der Waals surface area (Å²) in [5, 5.41) is 8.80. The van der Waals surface area contributed by atoms with Crippen molar-refractivity contribution < 1.29 is 5.11 Å². The predicted octanol–water partition coefficient (Wildman–Crippen LogP) is 0.697. The molecule has 1 heteroatoms. The maximum Gasteiger partial charge on any atom is 0.0865 e. The number of hydrogen-bond acceptors (Lipinski definition) is 1. The molecule has 0 aromatic carbocycles. The molecule has 1 saturated carbocycles. The smallest absolute Gasteiger partial charge is 0.0865 e. The fraction of sp³-hybridized carbons (Fsp3) is 0.600. The zero-order chi connectivity index (χ0) is 4.78. The lowest BCUT2D eigenvalue weighted by atomic mass is 10.4. The van der Waals surface area contributed by atoms with Crippen LogP contribution in [0.5, 0.6) is 0 Å². The van der Waals surface area contributed by atoms with Crippen LogP contribution in [-0.4, -0.2) is 10.7 Å². The molecule has 1 atom stereocenters. The minimum atomic E-state index is -0.486. The Morgan fingerprint density at radius 1 is 2.00 bits per heavy atom. The van der Waals surface area contributed by atoms with E-state index in [4.69, 9.17) is 5.11 Å². The lowest BCUT2D eigenvalue weighted by Crippen LogP contribution is -1.95. The van der Waals surface area contributed by atoms with Crippen LogP contribution in [-0.2, 0) is 0 Å². The molecule has 1 N–H and O–H groups in total. The van der Waals surface area contributed by atoms with Gasteiger partial charge in [-0.15, -0.1) is 0 Å². The van der Waals surface area contributed by atoms with E-state index >= 15 is 0 Å². The van der Waals surface area contributed by atoms with Gasteiger partial charge in [-0.2, -0.15) is 0 Å². The van der Waals surface area contributed by atoms with Crippen LogP contribution in [0, 0.1) is 0 Å². The number of rotatable bonds is 0. The molecule has 6 heavy (non-hydrogen) atoms. The van der Waals surface area contributed by atoms with Crippen LogP contribution in [0.3, 0.4) is 0 Å². The van der Waals surface area contributed by atoms with E-state index < -0.39 is 5.60 Å². The van der Waals surface area contributed by atoms with E-state index in [1.165, 1.54) is 0 Å². The van der Waals surface area contributed by atoms with Crippen LogP contribution in [0.25, 0.3) is 0 Å². The van der Waals surface area contributed by atoms with Gasteiger partial charge in [-0.05, 0) is 12.5 Å². The molecule has 0 aromatic rings. The van der Waals surface area contributed by atoms with Gasteiger partial charge in [0.25, 0.3) is 0 Å². The summed E-state index contributed by atoms with van der Waals surface area (Å²) < 4.78 is 0. The molecule has 0 aromatic heterocycles. The Hall–Kier alpha value is -0.300. The van der Waals surface area contributed by atoms with Gasteiger partial charge >= 0.3 is 0 Å². The van der Waals surface area contributed by atoms with Gasteiger partial charge in [-0.25, -0.2) is 0 Å². The molecule has 0 bridgehead atoms. The first kappa shape index (κ1) is 3.88. The van der Waals surface area contributed by atoms with E-state index in [0.717, 1.165) is 12.0 Å². The molecular formula is C5H8O. The van der Waals surface area contributed by atoms with Gasteiger partial charge in [0.05, 0.1) is 5.60 Å². The summed E-state index contributed by atoms with van der Waals surface area (Å²) >= 11 is 0. The van der Waals surface area contributed by atoms with Crippen molar-refractivity contribution in [2.24, 2.45) is 0 Å². The van der Waals surface area contributed by atoms with Crippen LogP contribution >= 0.6 is 0 Å². The van der Waals surface area contributed by atoms with Crippen molar-refractivity contribution >= 4 is 0 Å². The predicted molar refractivity (Wildman–Crippen MR) is 24.4 cm³/mol. The first-order valence-electron chi connectivity index (χ1n) is 2.03.